The molecule has 0 aromatic heterocycles. The predicted molar refractivity (Wildman–Crippen MR) is 105 cm³/mol. The summed E-state index contributed by atoms with van der Waals surface area (Å²) in [5.41, 5.74) is -1.21. The van der Waals surface area contributed by atoms with E-state index in [1.165, 1.54) is 26.0 Å². The number of carbonyl (C=O) groups excluding carboxylic acids is 4. The number of aliphatic hydroxyl groups excluding tert-OH is 1. The first-order chi connectivity index (χ1) is 14.5. The number of allylic oxidation sites excluding steroid dienone is 2. The minimum absolute atomic E-state index is 0.00397. The van der Waals surface area contributed by atoms with E-state index < -0.39 is 53.5 Å². The lowest BCUT2D eigenvalue weighted by Crippen LogP contribution is -2.56. The maximum atomic E-state index is 12.8. The molecule has 0 amide bonds. The first-order valence-corrected chi connectivity index (χ1v) is 9.71. The van der Waals surface area contributed by atoms with E-state index in [0.29, 0.717) is 5.57 Å². The van der Waals surface area contributed by atoms with Gasteiger partial charge in [0.05, 0.1) is 11.5 Å². The second-order valence-electron chi connectivity index (χ2n) is 7.76. The molecule has 3 heterocycles. The van der Waals surface area contributed by atoms with Crippen LogP contribution >= 0.6 is 0 Å². The lowest BCUT2D eigenvalue weighted by atomic mass is 9.80. The molecule has 0 aromatic carbocycles. The number of fused-ring (bicyclic) bond motifs is 3. The van der Waals surface area contributed by atoms with Gasteiger partial charge in [-0.05, 0) is 32.4 Å². The Morgan fingerprint density at radius 2 is 2.03 bits per heavy atom. The van der Waals surface area contributed by atoms with Gasteiger partial charge in [-0.15, -0.1) is 0 Å². The smallest absolute Gasteiger partial charge is 0.337 e. The van der Waals surface area contributed by atoms with E-state index in [1.54, 1.807) is 19.9 Å². The number of ether oxygens (including phenoxy) is 4. The Bertz CT molecular complexity index is 954. The molecule has 1 saturated heterocycles. The van der Waals surface area contributed by atoms with Crippen molar-refractivity contribution in [1.82, 2.24) is 0 Å². The van der Waals surface area contributed by atoms with Crippen molar-refractivity contribution in [3.8, 4) is 0 Å². The van der Waals surface area contributed by atoms with Gasteiger partial charge in [-0.3, -0.25) is 9.59 Å². The molecule has 1 fully saturated rings. The molecule has 0 radical (unpaired) electrons. The summed E-state index contributed by atoms with van der Waals surface area (Å²) < 4.78 is 21.6. The molecule has 9 nitrogen and oxygen atoms in total. The van der Waals surface area contributed by atoms with Crippen molar-refractivity contribution < 1.29 is 43.2 Å². The van der Waals surface area contributed by atoms with Gasteiger partial charge < -0.3 is 24.1 Å². The molecular weight excluding hydrogens is 408 g/mol. The molecule has 0 aromatic rings. The third-order valence-electron chi connectivity index (χ3n) is 5.65. The minimum Gasteiger partial charge on any atom is -0.476 e. The van der Waals surface area contributed by atoms with E-state index >= 15 is 0 Å². The molecule has 9 heteroatoms. The van der Waals surface area contributed by atoms with E-state index in [4.69, 9.17) is 18.9 Å². The van der Waals surface area contributed by atoms with Crippen LogP contribution in [0.1, 0.15) is 27.7 Å². The molecule has 166 valence electrons. The SMILES string of the molecule is C=C1C(=O)O[C@@H]2/C=C(/C)C3=CC(=O)[C@@](C)(O3)[C@@H](O)[C@@H](OC(=O)/C(=C/C)COC(C)=O)[C@@H]12. The van der Waals surface area contributed by atoms with Crippen LogP contribution in [0.3, 0.4) is 0 Å². The van der Waals surface area contributed by atoms with Crippen LogP contribution in [-0.2, 0) is 38.1 Å². The van der Waals surface area contributed by atoms with Crippen molar-refractivity contribution in [3.05, 3.63) is 47.3 Å². The van der Waals surface area contributed by atoms with Crippen LogP contribution in [0.25, 0.3) is 0 Å². The lowest BCUT2D eigenvalue weighted by Gasteiger charge is -2.36. The van der Waals surface area contributed by atoms with Crippen molar-refractivity contribution >= 4 is 23.7 Å². The fraction of sp³-hybridized carbons (Fsp3) is 0.455. The zero-order valence-electron chi connectivity index (χ0n) is 17.7. The zero-order valence-corrected chi connectivity index (χ0v) is 17.7. The molecule has 3 aliphatic heterocycles. The van der Waals surface area contributed by atoms with Crippen molar-refractivity contribution in [3.63, 3.8) is 0 Å². The lowest BCUT2D eigenvalue weighted by molar-refractivity contribution is -0.176. The second-order valence-corrected chi connectivity index (χ2v) is 7.76. The zero-order chi connectivity index (χ0) is 23.1. The summed E-state index contributed by atoms with van der Waals surface area (Å²) >= 11 is 0. The number of hydrogen-bond donors (Lipinski definition) is 1. The highest BCUT2D eigenvalue weighted by Gasteiger charge is 2.57. The summed E-state index contributed by atoms with van der Waals surface area (Å²) in [4.78, 5) is 48.8. The van der Waals surface area contributed by atoms with Gasteiger partial charge in [0.2, 0.25) is 5.78 Å². The quantitative estimate of drug-likeness (QED) is 0.394. The van der Waals surface area contributed by atoms with Gasteiger partial charge in [0, 0.05) is 18.6 Å². The van der Waals surface area contributed by atoms with Gasteiger partial charge in [0.15, 0.2) is 5.60 Å². The van der Waals surface area contributed by atoms with E-state index in [-0.39, 0.29) is 23.5 Å². The standard InChI is InChI=1S/C22H24O9/c1-6-13(9-28-12(4)23)21(27)30-18-17-11(3)20(26)29-15(17)7-10(2)14-8-16(24)22(5,31-14)19(18)25/h6-8,15,17-19,25H,3,9H2,1-2,4-5H3/b10-7-,13-6+/t15-,17+,18+,19+,22-/m1/s1. The van der Waals surface area contributed by atoms with Crippen LogP contribution < -0.4 is 0 Å². The minimum atomic E-state index is -1.75. The molecule has 2 bridgehead atoms. The number of carbonyl (C=O) groups is 4. The normalized spacial score (nSPS) is 34.2. The average Bonchev–Trinajstić information content (AvgIpc) is 3.16. The highest BCUT2D eigenvalue weighted by atomic mass is 16.6. The maximum Gasteiger partial charge on any atom is 0.337 e. The highest BCUT2D eigenvalue weighted by molar-refractivity contribution is 6.01. The van der Waals surface area contributed by atoms with Crippen molar-refractivity contribution in [2.24, 2.45) is 5.92 Å². The summed E-state index contributed by atoms with van der Waals surface area (Å²) in [5, 5.41) is 11.2. The first-order valence-electron chi connectivity index (χ1n) is 9.71. The molecule has 1 N–H and O–H groups in total. The molecule has 0 saturated carbocycles. The van der Waals surface area contributed by atoms with Crippen LogP contribution in [0.15, 0.2) is 47.3 Å². The molecule has 3 rings (SSSR count). The van der Waals surface area contributed by atoms with Gasteiger partial charge in [-0.1, -0.05) is 12.7 Å². The molecule has 0 aliphatic carbocycles. The van der Waals surface area contributed by atoms with E-state index in [9.17, 15) is 24.3 Å². The van der Waals surface area contributed by atoms with Crippen LogP contribution in [0.4, 0.5) is 0 Å². The third-order valence-corrected chi connectivity index (χ3v) is 5.65. The molecule has 3 aliphatic rings. The van der Waals surface area contributed by atoms with Crippen LogP contribution in [0.2, 0.25) is 0 Å². The Labute approximate surface area is 179 Å². The molecule has 31 heavy (non-hydrogen) atoms. The van der Waals surface area contributed by atoms with E-state index in [2.05, 4.69) is 6.58 Å². The second kappa shape index (κ2) is 8.14. The number of aliphatic hydroxyl groups is 1. The monoisotopic (exact) mass is 432 g/mol. The Morgan fingerprint density at radius 1 is 1.35 bits per heavy atom. The van der Waals surface area contributed by atoms with Crippen LogP contribution in [0, 0.1) is 5.92 Å². The van der Waals surface area contributed by atoms with Gasteiger partial charge >= 0.3 is 17.9 Å². The predicted octanol–water partition coefficient (Wildman–Crippen LogP) is 1.07. The van der Waals surface area contributed by atoms with Gasteiger partial charge in [-0.2, -0.15) is 0 Å². The molecular formula is C22H24O9. The number of rotatable bonds is 4. The third kappa shape index (κ3) is 3.93. The summed E-state index contributed by atoms with van der Waals surface area (Å²) in [6.45, 7) is 9.20. The molecule has 0 unspecified atom stereocenters. The number of esters is 3. The van der Waals surface area contributed by atoms with Crippen molar-refractivity contribution in [2.45, 2.75) is 51.6 Å². The molecule has 5 atom stereocenters. The Hall–Kier alpha value is -3.20. The summed E-state index contributed by atoms with van der Waals surface area (Å²) in [7, 11) is 0. The fourth-order valence-corrected chi connectivity index (χ4v) is 3.72. The Kier molecular flexibility index (Phi) is 5.91. The fourth-order valence-electron chi connectivity index (χ4n) is 3.72. The number of hydrogen-bond acceptors (Lipinski definition) is 9. The summed E-state index contributed by atoms with van der Waals surface area (Å²) in [5.74, 6) is -3.41. The van der Waals surface area contributed by atoms with Gasteiger partial charge in [0.1, 0.15) is 30.7 Å². The van der Waals surface area contributed by atoms with E-state index in [0.717, 1.165) is 0 Å². The van der Waals surface area contributed by atoms with Crippen molar-refractivity contribution in [1.29, 1.82) is 0 Å². The first kappa shape index (κ1) is 22.5. The molecule has 0 spiro atoms. The largest absolute Gasteiger partial charge is 0.476 e. The van der Waals surface area contributed by atoms with Crippen LogP contribution in [0.5, 0.6) is 0 Å². The summed E-state index contributed by atoms with van der Waals surface area (Å²) in [6, 6.07) is 0. The average molecular weight is 432 g/mol. The number of ketones is 1. The van der Waals surface area contributed by atoms with E-state index in [1.807, 2.05) is 0 Å². The highest BCUT2D eigenvalue weighted by Crippen LogP contribution is 2.42. The van der Waals surface area contributed by atoms with Crippen LogP contribution in [-0.4, -0.2) is 59.3 Å². The Morgan fingerprint density at radius 3 is 2.65 bits per heavy atom. The maximum absolute atomic E-state index is 12.8. The summed E-state index contributed by atoms with van der Waals surface area (Å²) in [6.07, 6.45) is 0.267. The van der Waals surface area contributed by atoms with Gasteiger partial charge in [0.25, 0.3) is 0 Å². The van der Waals surface area contributed by atoms with Crippen molar-refractivity contribution in [2.75, 3.05) is 6.61 Å². The Balaban J connectivity index is 2.02. The topological polar surface area (TPSA) is 125 Å². The van der Waals surface area contributed by atoms with Gasteiger partial charge in [-0.25, -0.2) is 9.59 Å².